The number of carboxylic acid groups (broad SMARTS) is 2. The fourth-order valence-corrected chi connectivity index (χ4v) is 5.99. The minimum Gasteiger partial charge on any atom is -0.473 e. The molecule has 0 amide bonds. The predicted molar refractivity (Wildman–Crippen MR) is 123 cm³/mol. The number of hydrogen-bond donors (Lipinski definition) is 2. The van der Waals surface area contributed by atoms with E-state index in [1.54, 1.807) is 28.6 Å². The maximum atomic E-state index is 12.8. The number of nitrogens with zero attached hydrogens (tertiary/aromatic N) is 2. The molecule has 0 radical (unpaired) electrons. The molecular weight excluding hydrogens is 444 g/mol. The summed E-state index contributed by atoms with van der Waals surface area (Å²) >= 11 is 0. The number of benzene rings is 2. The second kappa shape index (κ2) is 11.4. The molecule has 1 aliphatic carbocycles. The second-order valence-corrected chi connectivity index (χ2v) is 10.2. The van der Waals surface area contributed by atoms with Crippen LogP contribution in [0.5, 0.6) is 0 Å². The number of rotatable bonds is 4. The van der Waals surface area contributed by atoms with Gasteiger partial charge in [0.25, 0.3) is 0 Å². The van der Waals surface area contributed by atoms with Gasteiger partial charge in [0, 0.05) is 32.2 Å². The zero-order valence-corrected chi connectivity index (χ0v) is 19.2. The topological polar surface area (TPSA) is 115 Å². The Balaban J connectivity index is 0.000000454. The van der Waals surface area contributed by atoms with E-state index in [1.165, 1.54) is 31.2 Å². The molecule has 1 saturated heterocycles. The lowest BCUT2D eigenvalue weighted by atomic mass is 9.81. The van der Waals surface area contributed by atoms with Gasteiger partial charge in [-0.25, -0.2) is 18.0 Å². The van der Waals surface area contributed by atoms with E-state index >= 15 is 0 Å². The highest BCUT2D eigenvalue weighted by molar-refractivity contribution is 7.89. The Morgan fingerprint density at radius 3 is 1.70 bits per heavy atom. The van der Waals surface area contributed by atoms with Gasteiger partial charge in [-0.05, 0) is 49.3 Å². The van der Waals surface area contributed by atoms with Gasteiger partial charge in [0.1, 0.15) is 0 Å². The Morgan fingerprint density at radius 2 is 1.21 bits per heavy atom. The third-order valence-corrected chi connectivity index (χ3v) is 8.23. The van der Waals surface area contributed by atoms with Crippen LogP contribution in [0.3, 0.4) is 0 Å². The first-order valence-electron chi connectivity index (χ1n) is 11.1. The van der Waals surface area contributed by atoms with Crippen LogP contribution in [0.2, 0.25) is 0 Å². The van der Waals surface area contributed by atoms with Crippen LogP contribution in [0.4, 0.5) is 0 Å². The molecule has 33 heavy (non-hydrogen) atoms. The van der Waals surface area contributed by atoms with Crippen molar-refractivity contribution in [1.29, 1.82) is 0 Å². The van der Waals surface area contributed by atoms with E-state index in [9.17, 15) is 8.42 Å². The minimum atomic E-state index is -3.35. The van der Waals surface area contributed by atoms with Gasteiger partial charge in [-0.3, -0.25) is 4.90 Å². The zero-order chi connectivity index (χ0) is 23.8. The lowest BCUT2D eigenvalue weighted by Gasteiger charge is -2.41. The number of aliphatic carboxylic acids is 2. The molecule has 9 heteroatoms. The largest absolute Gasteiger partial charge is 0.473 e. The fourth-order valence-electron chi connectivity index (χ4n) is 4.55. The molecule has 1 heterocycles. The van der Waals surface area contributed by atoms with Crippen molar-refractivity contribution in [3.8, 4) is 0 Å². The summed E-state index contributed by atoms with van der Waals surface area (Å²) in [6.45, 7) is 2.87. The molecule has 0 bridgehead atoms. The highest BCUT2D eigenvalue weighted by atomic mass is 32.2. The van der Waals surface area contributed by atoms with Crippen molar-refractivity contribution in [3.63, 3.8) is 0 Å². The maximum Gasteiger partial charge on any atom is 0.414 e. The van der Waals surface area contributed by atoms with Crippen molar-refractivity contribution >= 4 is 22.0 Å². The van der Waals surface area contributed by atoms with Crippen molar-refractivity contribution in [2.75, 3.05) is 26.2 Å². The summed E-state index contributed by atoms with van der Waals surface area (Å²) in [5, 5.41) is 14.8. The van der Waals surface area contributed by atoms with Crippen molar-refractivity contribution in [3.05, 3.63) is 66.2 Å². The van der Waals surface area contributed by atoms with Crippen LogP contribution in [0.1, 0.15) is 37.2 Å². The van der Waals surface area contributed by atoms with E-state index in [1.807, 2.05) is 6.07 Å². The van der Waals surface area contributed by atoms with Crippen molar-refractivity contribution in [2.24, 2.45) is 0 Å². The lowest BCUT2D eigenvalue weighted by molar-refractivity contribution is -0.159. The quantitative estimate of drug-likeness (QED) is 0.655. The summed E-state index contributed by atoms with van der Waals surface area (Å²) < 4.78 is 27.2. The van der Waals surface area contributed by atoms with E-state index in [4.69, 9.17) is 19.8 Å². The molecule has 4 rings (SSSR count). The molecule has 8 nitrogen and oxygen atoms in total. The summed E-state index contributed by atoms with van der Waals surface area (Å²) in [6, 6.07) is 20.2. The van der Waals surface area contributed by atoms with Crippen LogP contribution in [-0.2, 0) is 19.6 Å². The average Bonchev–Trinajstić information content (AvgIpc) is 2.85. The standard InChI is InChI=1S/C22H28N2O2S.C2H2O4/c25-27(26,22-9-5-2-6-10-22)24-17-15-23(16-18-24)21-13-11-20(12-14-21)19-7-3-1-4-8-19;3-1(4)2(5)6/h1-10,20-21H,11-18H2;(H,3,4)(H,5,6). The predicted octanol–water partition coefficient (Wildman–Crippen LogP) is 2.87. The zero-order valence-electron chi connectivity index (χ0n) is 18.4. The van der Waals surface area contributed by atoms with Gasteiger partial charge >= 0.3 is 11.9 Å². The highest BCUT2D eigenvalue weighted by Gasteiger charge is 2.32. The molecule has 0 aromatic heterocycles. The molecule has 0 unspecified atom stereocenters. The van der Waals surface area contributed by atoms with E-state index in [0.29, 0.717) is 29.9 Å². The smallest absolute Gasteiger partial charge is 0.414 e. The van der Waals surface area contributed by atoms with Crippen molar-refractivity contribution in [2.45, 2.75) is 42.5 Å². The molecule has 0 spiro atoms. The Labute approximate surface area is 194 Å². The summed E-state index contributed by atoms with van der Waals surface area (Å²) in [5.41, 5.74) is 1.47. The average molecular weight is 475 g/mol. The normalized spacial score (nSPS) is 22.1. The van der Waals surface area contributed by atoms with E-state index in [-0.39, 0.29) is 0 Å². The maximum absolute atomic E-state index is 12.8. The Hall–Kier alpha value is -2.75. The van der Waals surface area contributed by atoms with Crippen LogP contribution in [-0.4, -0.2) is 72.0 Å². The third-order valence-electron chi connectivity index (χ3n) is 6.32. The molecule has 1 saturated carbocycles. The molecule has 178 valence electrons. The Morgan fingerprint density at radius 1 is 0.727 bits per heavy atom. The Bertz CT molecular complexity index is 1000. The highest BCUT2D eigenvalue weighted by Crippen LogP contribution is 2.35. The van der Waals surface area contributed by atoms with Crippen LogP contribution in [0.15, 0.2) is 65.6 Å². The van der Waals surface area contributed by atoms with Gasteiger partial charge in [-0.1, -0.05) is 48.5 Å². The second-order valence-electron chi connectivity index (χ2n) is 8.28. The first-order valence-corrected chi connectivity index (χ1v) is 12.5. The van der Waals surface area contributed by atoms with E-state index in [0.717, 1.165) is 13.1 Å². The summed E-state index contributed by atoms with van der Waals surface area (Å²) in [5.74, 6) is -2.97. The molecule has 1 aliphatic heterocycles. The van der Waals surface area contributed by atoms with E-state index in [2.05, 4.69) is 35.2 Å². The molecule has 0 atom stereocenters. The minimum absolute atomic E-state index is 0.404. The summed E-state index contributed by atoms with van der Waals surface area (Å²) in [7, 11) is -3.35. The molecule has 2 fully saturated rings. The number of carboxylic acids is 2. The number of piperazine rings is 1. The van der Waals surface area contributed by atoms with Gasteiger partial charge in [-0.15, -0.1) is 0 Å². The molecule has 2 aromatic carbocycles. The van der Waals surface area contributed by atoms with Crippen molar-refractivity contribution in [1.82, 2.24) is 9.21 Å². The number of carbonyl (C=O) groups is 2. The van der Waals surface area contributed by atoms with Crippen LogP contribution < -0.4 is 0 Å². The molecule has 2 N–H and O–H groups in total. The third kappa shape index (κ3) is 6.63. The molecular formula is C24H30N2O6S. The van der Waals surface area contributed by atoms with Crippen LogP contribution >= 0.6 is 0 Å². The number of sulfonamides is 1. The summed E-state index contributed by atoms with van der Waals surface area (Å²) in [6.07, 6.45) is 4.89. The van der Waals surface area contributed by atoms with Gasteiger partial charge in [0.05, 0.1) is 4.90 Å². The summed E-state index contributed by atoms with van der Waals surface area (Å²) in [4.78, 5) is 21.1. The van der Waals surface area contributed by atoms with Crippen LogP contribution in [0, 0.1) is 0 Å². The van der Waals surface area contributed by atoms with E-state index < -0.39 is 22.0 Å². The van der Waals surface area contributed by atoms with Gasteiger partial charge in [-0.2, -0.15) is 4.31 Å². The first-order chi connectivity index (χ1) is 15.8. The fraction of sp³-hybridized carbons (Fsp3) is 0.417. The molecule has 2 aliphatic rings. The van der Waals surface area contributed by atoms with Crippen LogP contribution in [0.25, 0.3) is 0 Å². The SMILES string of the molecule is O=C(O)C(=O)O.O=S(=O)(c1ccccc1)N1CCN(C2CCC(c3ccccc3)CC2)CC1. The number of hydrogen-bond acceptors (Lipinski definition) is 5. The van der Waals surface area contributed by atoms with Gasteiger partial charge in [0.2, 0.25) is 10.0 Å². The van der Waals surface area contributed by atoms with Gasteiger partial charge < -0.3 is 10.2 Å². The Kier molecular flexibility index (Phi) is 8.60. The van der Waals surface area contributed by atoms with Crippen molar-refractivity contribution < 1.29 is 28.2 Å². The molecule has 2 aromatic rings. The monoisotopic (exact) mass is 474 g/mol. The van der Waals surface area contributed by atoms with Gasteiger partial charge in [0.15, 0.2) is 0 Å². The first kappa shape index (κ1) is 24.9. The lowest BCUT2D eigenvalue weighted by Crippen LogP contribution is -2.52.